The van der Waals surface area contributed by atoms with E-state index in [-0.39, 0.29) is 5.41 Å². The van der Waals surface area contributed by atoms with Crippen LogP contribution in [0.15, 0.2) is 59.7 Å². The van der Waals surface area contributed by atoms with E-state index >= 15 is 0 Å². The average Bonchev–Trinajstić information content (AvgIpc) is 2.78. The molecule has 2 aliphatic rings. The highest BCUT2D eigenvalue weighted by atomic mass is 19.1. The lowest BCUT2D eigenvalue weighted by Gasteiger charge is -2.41. The highest BCUT2D eigenvalue weighted by Crippen LogP contribution is 2.51. The molecular weight excluding hydrogens is 421 g/mol. The van der Waals surface area contributed by atoms with Gasteiger partial charge in [0, 0.05) is 29.1 Å². The van der Waals surface area contributed by atoms with Crippen LogP contribution in [0.1, 0.15) is 31.9 Å². The van der Waals surface area contributed by atoms with E-state index in [4.69, 9.17) is 19.9 Å². The Hall–Kier alpha value is -3.29. The van der Waals surface area contributed by atoms with Gasteiger partial charge in [0.2, 0.25) is 5.95 Å². The van der Waals surface area contributed by atoms with Gasteiger partial charge in [0.1, 0.15) is 23.5 Å². The van der Waals surface area contributed by atoms with Gasteiger partial charge in [0.25, 0.3) is 0 Å². The Morgan fingerprint density at radius 1 is 1.12 bits per heavy atom. The van der Waals surface area contributed by atoms with Gasteiger partial charge in [-0.3, -0.25) is 4.99 Å². The smallest absolute Gasteiger partial charge is 0.220 e. The van der Waals surface area contributed by atoms with E-state index in [0.717, 1.165) is 5.56 Å². The van der Waals surface area contributed by atoms with Gasteiger partial charge in [-0.1, -0.05) is 26.8 Å². The minimum Gasteiger partial charge on any atom is -0.493 e. The maximum atomic E-state index is 14.4. The second-order valence-corrected chi connectivity index (χ2v) is 9.55. The molecule has 33 heavy (non-hydrogen) atoms. The molecule has 1 aromatic heterocycles. The van der Waals surface area contributed by atoms with Crippen LogP contribution in [0.4, 0.5) is 4.39 Å². The number of nitrogens with two attached hydrogens (primary N) is 1. The molecule has 0 fully saturated rings. The van der Waals surface area contributed by atoms with E-state index in [2.05, 4.69) is 30.7 Å². The molecule has 2 N–H and O–H groups in total. The number of hydrogen-bond acceptors (Lipinski definition) is 6. The summed E-state index contributed by atoms with van der Waals surface area (Å²) in [7, 11) is 0. The van der Waals surface area contributed by atoms with Gasteiger partial charge in [-0.05, 0) is 53.4 Å². The van der Waals surface area contributed by atoms with Gasteiger partial charge >= 0.3 is 0 Å². The third kappa shape index (κ3) is 3.98. The van der Waals surface area contributed by atoms with Gasteiger partial charge in [-0.15, -0.1) is 0 Å². The van der Waals surface area contributed by atoms with Crippen molar-refractivity contribution in [1.29, 1.82) is 0 Å². The minimum atomic E-state index is -1.09. The molecule has 0 saturated carbocycles. The quantitative estimate of drug-likeness (QED) is 0.569. The lowest BCUT2D eigenvalue weighted by atomic mass is 9.82. The fourth-order valence-electron chi connectivity index (χ4n) is 4.08. The van der Waals surface area contributed by atoms with Crippen molar-refractivity contribution < 1.29 is 18.6 Å². The number of nitrogens with zero attached hydrogens (tertiary/aromatic N) is 2. The number of aromatic nitrogens is 1. The molecule has 2 unspecified atom stereocenters. The summed E-state index contributed by atoms with van der Waals surface area (Å²) < 4.78 is 33.1. The normalized spacial score (nSPS) is 21.3. The SMILES string of the molecule is CC(C)(C)COc1ccc2c(c1)C1(C=NCC(N)O1)c1cc(-c3cccnc3F)ccc1O2. The molecule has 7 heteroatoms. The van der Waals surface area contributed by atoms with Crippen LogP contribution < -0.4 is 15.2 Å². The van der Waals surface area contributed by atoms with E-state index < -0.39 is 17.8 Å². The number of benzene rings is 2. The molecular formula is C26H26FN3O3. The van der Waals surface area contributed by atoms with Crippen molar-refractivity contribution in [3.63, 3.8) is 0 Å². The van der Waals surface area contributed by atoms with Crippen LogP contribution in [0.2, 0.25) is 0 Å². The molecule has 0 radical (unpaired) electrons. The fourth-order valence-corrected chi connectivity index (χ4v) is 4.08. The standard InChI is InChI=1S/C26H26FN3O3/c1-25(2,3)15-31-17-7-9-22-20(12-17)26(14-29-13-23(28)33-26)19-11-16(6-8-21(19)32-22)18-5-4-10-30-24(18)27/h4-12,14,23H,13,15,28H2,1-3H3. The van der Waals surface area contributed by atoms with Crippen LogP contribution in [-0.2, 0) is 10.3 Å². The second-order valence-electron chi connectivity index (χ2n) is 9.55. The molecule has 2 atom stereocenters. The summed E-state index contributed by atoms with van der Waals surface area (Å²) in [5, 5.41) is 0. The first-order valence-corrected chi connectivity index (χ1v) is 10.9. The molecule has 2 aromatic carbocycles. The lowest BCUT2D eigenvalue weighted by molar-refractivity contribution is -0.0314. The minimum absolute atomic E-state index is 0.00450. The van der Waals surface area contributed by atoms with Crippen molar-refractivity contribution in [1.82, 2.24) is 4.98 Å². The van der Waals surface area contributed by atoms with Gasteiger partial charge in [0.05, 0.1) is 13.2 Å². The summed E-state index contributed by atoms with van der Waals surface area (Å²) in [6, 6.07) is 14.5. The predicted octanol–water partition coefficient (Wildman–Crippen LogP) is 5.05. The Balaban J connectivity index is 1.65. The first-order chi connectivity index (χ1) is 15.7. The van der Waals surface area contributed by atoms with Crippen molar-refractivity contribution in [2.45, 2.75) is 32.6 Å². The Bertz CT molecular complexity index is 1240. The molecule has 0 saturated heterocycles. The molecule has 1 spiro atoms. The topological polar surface area (TPSA) is 79.0 Å². The Kier molecular flexibility index (Phi) is 5.18. The number of halogens is 1. The van der Waals surface area contributed by atoms with Crippen LogP contribution in [0, 0.1) is 11.4 Å². The number of hydrogen-bond donors (Lipinski definition) is 1. The van der Waals surface area contributed by atoms with Crippen LogP contribution >= 0.6 is 0 Å². The number of ether oxygens (including phenoxy) is 3. The van der Waals surface area contributed by atoms with Crippen LogP contribution in [-0.4, -0.2) is 30.6 Å². The third-order valence-electron chi connectivity index (χ3n) is 5.59. The molecule has 170 valence electrons. The molecule has 5 rings (SSSR count). The Morgan fingerprint density at radius 2 is 1.88 bits per heavy atom. The van der Waals surface area contributed by atoms with Crippen molar-refractivity contribution in [2.24, 2.45) is 16.1 Å². The summed E-state index contributed by atoms with van der Waals surface area (Å²) in [5.74, 6) is 1.38. The molecule has 3 aromatic rings. The Labute approximate surface area is 192 Å². The van der Waals surface area contributed by atoms with E-state index in [1.54, 1.807) is 24.4 Å². The zero-order valence-corrected chi connectivity index (χ0v) is 18.8. The molecule has 0 bridgehead atoms. The summed E-state index contributed by atoms with van der Waals surface area (Å²) >= 11 is 0. The molecule has 0 aliphatic carbocycles. The van der Waals surface area contributed by atoms with Gasteiger partial charge in [0.15, 0.2) is 5.60 Å². The van der Waals surface area contributed by atoms with Crippen molar-refractivity contribution in [3.8, 4) is 28.4 Å². The molecule has 2 aliphatic heterocycles. The summed E-state index contributed by atoms with van der Waals surface area (Å²) in [5.41, 5.74) is 7.60. The van der Waals surface area contributed by atoms with Crippen LogP contribution in [0.5, 0.6) is 17.2 Å². The van der Waals surface area contributed by atoms with E-state index in [0.29, 0.717) is 47.1 Å². The third-order valence-corrected chi connectivity index (χ3v) is 5.59. The summed E-state index contributed by atoms with van der Waals surface area (Å²) in [6.45, 7) is 7.24. The zero-order valence-electron chi connectivity index (χ0n) is 18.8. The number of pyridine rings is 1. The number of fused-ring (bicyclic) bond motifs is 4. The summed E-state index contributed by atoms with van der Waals surface area (Å²) in [6.07, 6.45) is 2.58. The van der Waals surface area contributed by atoms with Gasteiger partial charge in [-0.25, -0.2) is 4.98 Å². The first-order valence-electron chi connectivity index (χ1n) is 10.9. The monoisotopic (exact) mass is 447 g/mol. The molecule has 0 amide bonds. The van der Waals surface area contributed by atoms with Crippen molar-refractivity contribution in [2.75, 3.05) is 13.2 Å². The zero-order chi connectivity index (χ0) is 23.2. The lowest BCUT2D eigenvalue weighted by Crippen LogP contribution is -2.46. The maximum absolute atomic E-state index is 14.4. The van der Waals surface area contributed by atoms with Crippen molar-refractivity contribution >= 4 is 6.21 Å². The van der Waals surface area contributed by atoms with E-state index in [1.807, 2.05) is 30.3 Å². The predicted molar refractivity (Wildman–Crippen MR) is 124 cm³/mol. The summed E-state index contributed by atoms with van der Waals surface area (Å²) in [4.78, 5) is 8.29. The molecule has 3 heterocycles. The highest BCUT2D eigenvalue weighted by Gasteiger charge is 2.45. The first kappa shape index (κ1) is 21.6. The highest BCUT2D eigenvalue weighted by molar-refractivity contribution is 5.84. The van der Waals surface area contributed by atoms with E-state index in [1.165, 1.54) is 6.20 Å². The fraction of sp³-hybridized carbons (Fsp3) is 0.308. The average molecular weight is 448 g/mol. The van der Waals surface area contributed by atoms with E-state index in [9.17, 15) is 4.39 Å². The van der Waals surface area contributed by atoms with Crippen LogP contribution in [0.3, 0.4) is 0 Å². The maximum Gasteiger partial charge on any atom is 0.220 e. The Morgan fingerprint density at radius 3 is 2.61 bits per heavy atom. The second kappa shape index (κ2) is 7.93. The van der Waals surface area contributed by atoms with Crippen molar-refractivity contribution in [3.05, 3.63) is 71.8 Å². The number of rotatable bonds is 3. The largest absolute Gasteiger partial charge is 0.493 e. The van der Waals surface area contributed by atoms with Gasteiger partial charge < -0.3 is 19.9 Å². The molecule has 6 nitrogen and oxygen atoms in total. The number of aliphatic imine (C=N–C) groups is 1. The van der Waals surface area contributed by atoms with Crippen LogP contribution in [0.25, 0.3) is 11.1 Å². The van der Waals surface area contributed by atoms with Gasteiger partial charge in [-0.2, -0.15) is 4.39 Å².